The van der Waals surface area contributed by atoms with E-state index < -0.39 is 0 Å². The van der Waals surface area contributed by atoms with E-state index in [1.807, 2.05) is 24.8 Å². The van der Waals surface area contributed by atoms with Gasteiger partial charge in [-0.3, -0.25) is 0 Å². The first kappa shape index (κ1) is 49.0. The van der Waals surface area contributed by atoms with Crippen molar-refractivity contribution in [1.82, 2.24) is 19.9 Å². The number of aryl methyl sites for hydroxylation is 2. The highest BCUT2D eigenvalue weighted by Crippen LogP contribution is 2.47. The lowest BCUT2D eigenvalue weighted by Gasteiger charge is -2.40. The van der Waals surface area contributed by atoms with Crippen LogP contribution in [0.3, 0.4) is 0 Å². The molecule has 0 aliphatic heterocycles. The van der Waals surface area contributed by atoms with Gasteiger partial charge < -0.3 is 4.74 Å². The fourth-order valence-corrected chi connectivity index (χ4v) is 10.8. The lowest BCUT2D eigenvalue weighted by atomic mass is 9.74. The zero-order valence-electron chi connectivity index (χ0n) is 40.4. The van der Waals surface area contributed by atoms with E-state index in [1.165, 1.54) is 189 Å². The van der Waals surface area contributed by atoms with Gasteiger partial charge in [0, 0.05) is 35.9 Å². The maximum Gasteiger partial charge on any atom is 0.159 e. The summed E-state index contributed by atoms with van der Waals surface area (Å²) in [6.45, 7) is 9.15. The molecule has 4 aromatic rings. The Morgan fingerprint density at radius 3 is 1.10 bits per heavy atom. The van der Waals surface area contributed by atoms with Gasteiger partial charge in [-0.1, -0.05) is 205 Å². The quantitative estimate of drug-likeness (QED) is 0.0533. The highest BCUT2D eigenvalue weighted by atomic mass is 16.5. The standard InChI is InChI=1S/C58H86N4O/c1-5-9-13-15-19-21-45-25-29-49(30-26-45)55(51-33-37-53(38-34-51)57-59-41-47(42-60-57)23-17-11-7-3)63-56(50-31-27-46(28-32-50)22-20-16-14-10-6-2)52-35-39-54(40-36-52)58-61-43-48(44-62-58)24-18-12-8-4/h33-46,49-50,55-56H,5-32H2,1-4H3. The van der Waals surface area contributed by atoms with Crippen LogP contribution in [0.1, 0.15) is 229 Å². The molecule has 0 radical (unpaired) electrons. The number of nitrogens with zero attached hydrogens (tertiary/aromatic N) is 4. The highest BCUT2D eigenvalue weighted by molar-refractivity contribution is 5.56. The summed E-state index contributed by atoms with van der Waals surface area (Å²) in [5, 5.41) is 0. The van der Waals surface area contributed by atoms with Crippen molar-refractivity contribution in [2.24, 2.45) is 23.7 Å². The molecule has 0 bridgehead atoms. The fraction of sp³-hybridized carbons (Fsp3) is 0.655. The lowest BCUT2D eigenvalue weighted by Crippen LogP contribution is -2.28. The van der Waals surface area contributed by atoms with Crippen LogP contribution >= 0.6 is 0 Å². The monoisotopic (exact) mass is 855 g/mol. The van der Waals surface area contributed by atoms with Crippen LogP contribution in [0.5, 0.6) is 0 Å². The van der Waals surface area contributed by atoms with E-state index in [-0.39, 0.29) is 12.2 Å². The van der Waals surface area contributed by atoms with Crippen LogP contribution in [-0.4, -0.2) is 19.9 Å². The van der Waals surface area contributed by atoms with Crippen molar-refractivity contribution in [3.8, 4) is 22.8 Å². The zero-order valence-corrected chi connectivity index (χ0v) is 40.4. The highest BCUT2D eigenvalue weighted by Gasteiger charge is 2.36. The van der Waals surface area contributed by atoms with Gasteiger partial charge >= 0.3 is 0 Å². The molecule has 2 fully saturated rings. The van der Waals surface area contributed by atoms with Crippen LogP contribution in [0.2, 0.25) is 0 Å². The van der Waals surface area contributed by atoms with Crippen molar-refractivity contribution in [1.29, 1.82) is 0 Å². The van der Waals surface area contributed by atoms with Crippen LogP contribution in [0.4, 0.5) is 0 Å². The Morgan fingerprint density at radius 2 is 0.746 bits per heavy atom. The first-order valence-electron chi connectivity index (χ1n) is 26.6. The SMILES string of the molecule is CCCCCCCC1CCC(C(OC(c2ccc(-c3ncc(CCCCC)cn3)cc2)C2CCC(CCCCCCC)CC2)c2ccc(-c3ncc(CCCCC)cn3)cc2)CC1. The van der Waals surface area contributed by atoms with Crippen molar-refractivity contribution in [3.63, 3.8) is 0 Å². The Hall–Kier alpha value is -3.44. The van der Waals surface area contributed by atoms with Gasteiger partial charge in [0.15, 0.2) is 11.6 Å². The predicted octanol–water partition coefficient (Wildman–Crippen LogP) is 17.2. The van der Waals surface area contributed by atoms with E-state index in [1.54, 1.807) is 0 Å². The third-order valence-corrected chi connectivity index (χ3v) is 14.9. The molecule has 2 saturated carbocycles. The second-order valence-corrected chi connectivity index (χ2v) is 19.9. The second kappa shape index (κ2) is 27.8. The van der Waals surface area contributed by atoms with Gasteiger partial charge in [-0.15, -0.1) is 0 Å². The second-order valence-electron chi connectivity index (χ2n) is 19.9. The molecule has 0 spiro atoms. The minimum absolute atomic E-state index is 0.0518. The smallest absolute Gasteiger partial charge is 0.159 e. The van der Waals surface area contributed by atoms with Gasteiger partial charge in [0.25, 0.3) is 0 Å². The molecular formula is C58H86N4O. The summed E-state index contributed by atoms with van der Waals surface area (Å²) in [5.74, 6) is 4.37. The molecule has 5 nitrogen and oxygen atoms in total. The summed E-state index contributed by atoms with van der Waals surface area (Å²) in [6, 6.07) is 18.4. The summed E-state index contributed by atoms with van der Waals surface area (Å²) >= 11 is 0. The minimum Gasteiger partial charge on any atom is -0.365 e. The maximum absolute atomic E-state index is 7.78. The van der Waals surface area contributed by atoms with E-state index >= 15 is 0 Å². The molecule has 0 saturated heterocycles. The molecule has 2 aliphatic carbocycles. The normalized spacial score (nSPS) is 20.1. The number of hydrogen-bond acceptors (Lipinski definition) is 5. The van der Waals surface area contributed by atoms with Crippen LogP contribution in [0.25, 0.3) is 22.8 Å². The Morgan fingerprint density at radius 1 is 0.413 bits per heavy atom. The van der Waals surface area contributed by atoms with E-state index in [2.05, 4.69) is 76.2 Å². The Kier molecular flexibility index (Phi) is 21.6. The topological polar surface area (TPSA) is 60.8 Å². The van der Waals surface area contributed by atoms with Gasteiger partial charge in [-0.2, -0.15) is 0 Å². The summed E-state index contributed by atoms with van der Waals surface area (Å²) in [6.07, 6.45) is 44.6. The van der Waals surface area contributed by atoms with Crippen molar-refractivity contribution in [2.45, 2.75) is 220 Å². The molecular weight excluding hydrogens is 769 g/mol. The first-order valence-corrected chi connectivity index (χ1v) is 26.6. The molecule has 2 aliphatic rings. The number of hydrogen-bond donors (Lipinski definition) is 0. The van der Waals surface area contributed by atoms with Crippen LogP contribution < -0.4 is 0 Å². The van der Waals surface area contributed by atoms with E-state index in [4.69, 9.17) is 24.7 Å². The Labute approximate surface area is 384 Å². The number of benzene rings is 2. The molecule has 63 heavy (non-hydrogen) atoms. The lowest BCUT2D eigenvalue weighted by molar-refractivity contribution is -0.0907. The molecule has 2 atom stereocenters. The maximum atomic E-state index is 7.78. The van der Waals surface area contributed by atoms with Gasteiger partial charge in [0.1, 0.15) is 0 Å². The third kappa shape index (κ3) is 15.9. The molecule has 6 rings (SSSR count). The average Bonchev–Trinajstić information content (AvgIpc) is 3.33. The molecule has 2 unspecified atom stereocenters. The van der Waals surface area contributed by atoms with Crippen LogP contribution in [-0.2, 0) is 17.6 Å². The number of ether oxygens (including phenoxy) is 1. The van der Waals surface area contributed by atoms with E-state index in [0.717, 1.165) is 47.5 Å². The van der Waals surface area contributed by atoms with Crippen molar-refractivity contribution in [3.05, 3.63) is 95.6 Å². The molecule has 2 aromatic heterocycles. The van der Waals surface area contributed by atoms with E-state index in [9.17, 15) is 0 Å². The van der Waals surface area contributed by atoms with E-state index in [0.29, 0.717) is 11.8 Å². The van der Waals surface area contributed by atoms with Crippen molar-refractivity contribution >= 4 is 0 Å². The van der Waals surface area contributed by atoms with Gasteiger partial charge in [-0.05, 0) is 97.3 Å². The van der Waals surface area contributed by atoms with Crippen LogP contribution in [0, 0.1) is 23.7 Å². The largest absolute Gasteiger partial charge is 0.365 e. The number of unbranched alkanes of at least 4 members (excludes halogenated alkanes) is 12. The zero-order chi connectivity index (χ0) is 43.9. The Bertz CT molecular complexity index is 1640. The summed E-state index contributed by atoms with van der Waals surface area (Å²) in [5.41, 5.74) is 7.26. The van der Waals surface area contributed by atoms with Crippen molar-refractivity contribution in [2.75, 3.05) is 0 Å². The predicted molar refractivity (Wildman–Crippen MR) is 266 cm³/mol. The van der Waals surface area contributed by atoms with Gasteiger partial charge in [-0.25, -0.2) is 19.9 Å². The molecule has 5 heteroatoms. The number of rotatable bonds is 28. The fourth-order valence-electron chi connectivity index (χ4n) is 10.8. The van der Waals surface area contributed by atoms with Gasteiger partial charge in [0.05, 0.1) is 12.2 Å². The Balaban J connectivity index is 1.22. The molecule has 2 aromatic carbocycles. The third-order valence-electron chi connectivity index (χ3n) is 14.9. The average molecular weight is 855 g/mol. The molecule has 2 heterocycles. The summed E-state index contributed by atoms with van der Waals surface area (Å²) in [7, 11) is 0. The summed E-state index contributed by atoms with van der Waals surface area (Å²) < 4.78 is 7.78. The number of aromatic nitrogens is 4. The first-order chi connectivity index (χ1) is 31.1. The molecule has 0 N–H and O–H groups in total. The molecule has 0 amide bonds. The van der Waals surface area contributed by atoms with Gasteiger partial charge in [0.2, 0.25) is 0 Å². The minimum atomic E-state index is 0.0518. The summed E-state index contributed by atoms with van der Waals surface area (Å²) in [4.78, 5) is 19.3. The molecule has 344 valence electrons. The van der Waals surface area contributed by atoms with Crippen LogP contribution in [0.15, 0.2) is 73.3 Å². The van der Waals surface area contributed by atoms with Crippen molar-refractivity contribution < 1.29 is 4.74 Å².